The maximum atomic E-state index is 11.0. The maximum absolute atomic E-state index is 11.0. The number of carbonyl (C=O) groups is 1. The molecule has 0 saturated carbocycles. The van der Waals surface area contributed by atoms with E-state index in [1.165, 1.54) is 0 Å². The Kier molecular flexibility index (Phi) is 1.97. The Morgan fingerprint density at radius 2 is 2.20 bits per heavy atom. The van der Waals surface area contributed by atoms with Gasteiger partial charge in [-0.1, -0.05) is 13.8 Å². The number of amides is 1. The van der Waals surface area contributed by atoms with Gasteiger partial charge in [0.05, 0.1) is 0 Å². The third-order valence-electron chi connectivity index (χ3n) is 2.31. The summed E-state index contributed by atoms with van der Waals surface area (Å²) in [5.74, 6) is 0.912. The Labute approximate surface area is 62.2 Å². The Morgan fingerprint density at radius 3 is 2.40 bits per heavy atom. The molecule has 1 fully saturated rings. The molecule has 1 rings (SSSR count). The van der Waals surface area contributed by atoms with Gasteiger partial charge in [-0.2, -0.15) is 0 Å². The van der Waals surface area contributed by atoms with Crippen LogP contribution in [0, 0.1) is 5.92 Å². The van der Waals surface area contributed by atoms with Gasteiger partial charge in [-0.15, -0.1) is 0 Å². The molecule has 1 aliphatic rings. The Morgan fingerprint density at radius 1 is 1.60 bits per heavy atom. The lowest BCUT2D eigenvalue weighted by Gasteiger charge is -2.22. The van der Waals surface area contributed by atoms with Crippen molar-refractivity contribution in [1.82, 2.24) is 4.90 Å². The first kappa shape index (κ1) is 7.58. The molecule has 1 aliphatic heterocycles. The van der Waals surface area contributed by atoms with Crippen molar-refractivity contribution in [2.45, 2.75) is 32.7 Å². The summed E-state index contributed by atoms with van der Waals surface area (Å²) in [7, 11) is 1.90. The summed E-state index contributed by atoms with van der Waals surface area (Å²) in [5.41, 5.74) is 0. The van der Waals surface area contributed by atoms with E-state index in [4.69, 9.17) is 0 Å². The molecular formula is C8H15NO. The molecule has 0 N–H and O–H groups in total. The Bertz CT molecular complexity index is 142. The minimum Gasteiger partial charge on any atom is -0.343 e. The SMILES string of the molecule is CC(C)C1CCC(=O)N1C. The zero-order chi connectivity index (χ0) is 7.72. The standard InChI is InChI=1S/C8H15NO/c1-6(2)7-4-5-8(10)9(7)3/h6-7H,4-5H2,1-3H3. The van der Waals surface area contributed by atoms with Crippen molar-refractivity contribution in [3.63, 3.8) is 0 Å². The fourth-order valence-electron chi connectivity index (χ4n) is 1.61. The third kappa shape index (κ3) is 1.15. The van der Waals surface area contributed by atoms with Crippen LogP contribution in [0.5, 0.6) is 0 Å². The van der Waals surface area contributed by atoms with E-state index in [9.17, 15) is 4.79 Å². The quantitative estimate of drug-likeness (QED) is 0.538. The van der Waals surface area contributed by atoms with Crippen LogP contribution in [-0.2, 0) is 4.79 Å². The Balaban J connectivity index is 2.57. The lowest BCUT2D eigenvalue weighted by Crippen LogP contribution is -2.32. The normalized spacial score (nSPS) is 26.6. The van der Waals surface area contributed by atoms with Crippen LogP contribution in [0.25, 0.3) is 0 Å². The highest BCUT2D eigenvalue weighted by Crippen LogP contribution is 2.22. The van der Waals surface area contributed by atoms with Gasteiger partial charge in [0.15, 0.2) is 0 Å². The zero-order valence-electron chi connectivity index (χ0n) is 6.92. The van der Waals surface area contributed by atoms with E-state index in [-0.39, 0.29) is 0 Å². The summed E-state index contributed by atoms with van der Waals surface area (Å²) in [4.78, 5) is 12.9. The van der Waals surface area contributed by atoms with E-state index in [0.717, 1.165) is 12.8 Å². The molecule has 1 amide bonds. The highest BCUT2D eigenvalue weighted by atomic mass is 16.2. The molecule has 1 saturated heterocycles. The molecular weight excluding hydrogens is 126 g/mol. The van der Waals surface area contributed by atoms with Crippen LogP contribution < -0.4 is 0 Å². The van der Waals surface area contributed by atoms with Crippen molar-refractivity contribution in [2.24, 2.45) is 5.92 Å². The van der Waals surface area contributed by atoms with E-state index in [0.29, 0.717) is 17.9 Å². The second-order valence-electron chi connectivity index (χ2n) is 3.35. The summed E-state index contributed by atoms with van der Waals surface area (Å²) in [6.07, 6.45) is 1.80. The van der Waals surface area contributed by atoms with Gasteiger partial charge < -0.3 is 4.90 Å². The number of nitrogens with zero attached hydrogens (tertiary/aromatic N) is 1. The van der Waals surface area contributed by atoms with Crippen molar-refractivity contribution < 1.29 is 4.79 Å². The molecule has 1 unspecified atom stereocenters. The molecule has 0 aromatic rings. The van der Waals surface area contributed by atoms with E-state index < -0.39 is 0 Å². The zero-order valence-corrected chi connectivity index (χ0v) is 6.92. The van der Waals surface area contributed by atoms with Crippen molar-refractivity contribution in [2.75, 3.05) is 7.05 Å². The molecule has 0 bridgehead atoms. The summed E-state index contributed by atoms with van der Waals surface area (Å²) >= 11 is 0. The Hall–Kier alpha value is -0.530. The fourth-order valence-corrected chi connectivity index (χ4v) is 1.61. The smallest absolute Gasteiger partial charge is 0.222 e. The van der Waals surface area contributed by atoms with Gasteiger partial charge in [0.25, 0.3) is 0 Å². The van der Waals surface area contributed by atoms with Crippen LogP contribution >= 0.6 is 0 Å². The number of hydrogen-bond donors (Lipinski definition) is 0. The molecule has 0 spiro atoms. The van der Waals surface area contributed by atoms with E-state index in [1.54, 1.807) is 0 Å². The van der Waals surface area contributed by atoms with Gasteiger partial charge in [-0.05, 0) is 12.3 Å². The van der Waals surface area contributed by atoms with Crippen LogP contribution in [0.4, 0.5) is 0 Å². The molecule has 58 valence electrons. The highest BCUT2D eigenvalue weighted by Gasteiger charge is 2.29. The first-order valence-electron chi connectivity index (χ1n) is 3.88. The molecule has 2 nitrogen and oxygen atoms in total. The number of hydrogen-bond acceptors (Lipinski definition) is 1. The van der Waals surface area contributed by atoms with Gasteiger partial charge >= 0.3 is 0 Å². The van der Waals surface area contributed by atoms with Crippen molar-refractivity contribution in [1.29, 1.82) is 0 Å². The molecule has 10 heavy (non-hydrogen) atoms. The van der Waals surface area contributed by atoms with Crippen LogP contribution in [0.15, 0.2) is 0 Å². The minimum atomic E-state index is 0.304. The predicted octanol–water partition coefficient (Wildman–Crippen LogP) is 1.26. The van der Waals surface area contributed by atoms with E-state index in [2.05, 4.69) is 13.8 Å². The minimum absolute atomic E-state index is 0.304. The first-order valence-corrected chi connectivity index (χ1v) is 3.88. The first-order chi connectivity index (χ1) is 4.63. The van der Waals surface area contributed by atoms with Gasteiger partial charge in [-0.25, -0.2) is 0 Å². The number of likely N-dealkylation sites (tertiary alicyclic amines) is 1. The second kappa shape index (κ2) is 2.60. The summed E-state index contributed by atoms with van der Waals surface area (Å²) in [5, 5.41) is 0. The lowest BCUT2D eigenvalue weighted by molar-refractivity contribution is -0.128. The molecule has 0 aromatic carbocycles. The monoisotopic (exact) mass is 141 g/mol. The number of rotatable bonds is 1. The summed E-state index contributed by atoms with van der Waals surface area (Å²) in [6, 6.07) is 0.493. The van der Waals surface area contributed by atoms with Crippen molar-refractivity contribution in [3.8, 4) is 0 Å². The summed E-state index contributed by atoms with van der Waals surface area (Å²) < 4.78 is 0. The van der Waals surface area contributed by atoms with Gasteiger partial charge in [0.2, 0.25) is 5.91 Å². The lowest BCUT2D eigenvalue weighted by atomic mass is 10.0. The van der Waals surface area contributed by atoms with Crippen molar-refractivity contribution >= 4 is 5.91 Å². The van der Waals surface area contributed by atoms with E-state index in [1.807, 2.05) is 11.9 Å². The molecule has 0 aromatic heterocycles. The summed E-state index contributed by atoms with van der Waals surface area (Å²) in [6.45, 7) is 4.33. The van der Waals surface area contributed by atoms with Gasteiger partial charge in [0, 0.05) is 19.5 Å². The molecule has 0 radical (unpaired) electrons. The molecule has 2 heteroatoms. The van der Waals surface area contributed by atoms with Gasteiger partial charge in [-0.3, -0.25) is 4.79 Å². The molecule has 1 atom stereocenters. The van der Waals surface area contributed by atoms with Gasteiger partial charge in [0.1, 0.15) is 0 Å². The van der Waals surface area contributed by atoms with Crippen molar-refractivity contribution in [3.05, 3.63) is 0 Å². The second-order valence-corrected chi connectivity index (χ2v) is 3.35. The topological polar surface area (TPSA) is 20.3 Å². The molecule has 1 heterocycles. The van der Waals surface area contributed by atoms with Crippen LogP contribution in [0.3, 0.4) is 0 Å². The van der Waals surface area contributed by atoms with Crippen LogP contribution in [-0.4, -0.2) is 23.9 Å². The third-order valence-corrected chi connectivity index (χ3v) is 2.31. The maximum Gasteiger partial charge on any atom is 0.222 e. The number of carbonyl (C=O) groups excluding carboxylic acids is 1. The average molecular weight is 141 g/mol. The fraction of sp³-hybridized carbons (Fsp3) is 0.875. The largest absolute Gasteiger partial charge is 0.343 e. The predicted molar refractivity (Wildman–Crippen MR) is 40.6 cm³/mol. The highest BCUT2D eigenvalue weighted by molar-refractivity contribution is 5.78. The van der Waals surface area contributed by atoms with Crippen LogP contribution in [0.1, 0.15) is 26.7 Å². The van der Waals surface area contributed by atoms with Crippen LogP contribution in [0.2, 0.25) is 0 Å². The van der Waals surface area contributed by atoms with E-state index >= 15 is 0 Å². The molecule has 0 aliphatic carbocycles. The average Bonchev–Trinajstić information content (AvgIpc) is 2.14.